The van der Waals surface area contributed by atoms with E-state index in [0.29, 0.717) is 24.0 Å². The van der Waals surface area contributed by atoms with E-state index < -0.39 is 11.1 Å². The number of fused-ring (bicyclic) bond motifs is 1. The third-order valence-electron chi connectivity index (χ3n) is 6.11. The Morgan fingerprint density at radius 3 is 2.16 bits per heavy atom. The average molecular weight is 412 g/mol. The van der Waals surface area contributed by atoms with Gasteiger partial charge in [-0.25, -0.2) is 9.97 Å². The van der Waals surface area contributed by atoms with Crippen LogP contribution < -0.4 is 11.3 Å². The van der Waals surface area contributed by atoms with Gasteiger partial charge in [0, 0.05) is 29.8 Å². The lowest BCUT2D eigenvalue weighted by Crippen LogP contribution is -2.58. The number of aryl methyl sites for hydroxylation is 1. The van der Waals surface area contributed by atoms with Crippen molar-refractivity contribution in [2.75, 3.05) is 0 Å². The predicted octanol–water partition coefficient (Wildman–Crippen LogP) is 3.36. The van der Waals surface area contributed by atoms with Gasteiger partial charge in [-0.3, -0.25) is 9.36 Å². The fourth-order valence-electron chi connectivity index (χ4n) is 4.63. The van der Waals surface area contributed by atoms with Crippen LogP contribution >= 0.6 is 0 Å². The van der Waals surface area contributed by atoms with Crippen LogP contribution in [0.1, 0.15) is 25.3 Å². The van der Waals surface area contributed by atoms with E-state index in [1.165, 1.54) is 10.6 Å². The van der Waals surface area contributed by atoms with Crippen LogP contribution in [0.5, 0.6) is 0 Å². The summed E-state index contributed by atoms with van der Waals surface area (Å²) >= 11 is 0. The van der Waals surface area contributed by atoms with Crippen LogP contribution in [0.2, 0.25) is 0 Å². The van der Waals surface area contributed by atoms with Gasteiger partial charge in [-0.05, 0) is 31.4 Å². The summed E-state index contributed by atoms with van der Waals surface area (Å²) in [5.74, 6) is 0. The van der Waals surface area contributed by atoms with Crippen LogP contribution in [0, 0.1) is 0 Å². The molecule has 1 saturated carbocycles. The molecule has 0 saturated heterocycles. The Kier molecular flexibility index (Phi) is 4.32. The number of rotatable bonds is 3. The smallest absolute Gasteiger partial charge is 0.252 e. The molecule has 6 nitrogen and oxygen atoms in total. The Morgan fingerprint density at radius 2 is 1.52 bits per heavy atom. The van der Waals surface area contributed by atoms with Gasteiger partial charge in [-0.2, -0.15) is 0 Å². The van der Waals surface area contributed by atoms with E-state index in [1.807, 2.05) is 61.5 Å². The van der Waals surface area contributed by atoms with Crippen LogP contribution in [-0.4, -0.2) is 25.2 Å². The lowest BCUT2D eigenvalue weighted by Gasteiger charge is -2.49. The molecule has 0 spiro atoms. The van der Waals surface area contributed by atoms with Gasteiger partial charge in [0.05, 0.1) is 17.0 Å². The lowest BCUT2D eigenvalue weighted by molar-refractivity contribution is -0.0738. The summed E-state index contributed by atoms with van der Waals surface area (Å²) in [5.41, 5.74) is 10.7. The van der Waals surface area contributed by atoms with E-state index >= 15 is 0 Å². The molecular formula is C25H24N4O2. The van der Waals surface area contributed by atoms with E-state index in [0.717, 1.165) is 28.1 Å². The van der Waals surface area contributed by atoms with E-state index in [-0.39, 0.29) is 5.56 Å². The van der Waals surface area contributed by atoms with Crippen LogP contribution in [0.25, 0.3) is 33.7 Å². The zero-order chi connectivity index (χ0) is 21.8. The van der Waals surface area contributed by atoms with Gasteiger partial charge in [0.15, 0.2) is 5.65 Å². The molecule has 0 radical (unpaired) electrons. The normalized spacial score (nSPS) is 23.0. The highest BCUT2D eigenvalue weighted by Gasteiger charge is 2.49. The van der Waals surface area contributed by atoms with Crippen molar-refractivity contribution in [1.82, 2.24) is 14.5 Å². The molecule has 0 aliphatic heterocycles. The fraction of sp³-hybridized carbons (Fsp3) is 0.240. The minimum absolute atomic E-state index is 0.123. The fourth-order valence-corrected chi connectivity index (χ4v) is 4.63. The summed E-state index contributed by atoms with van der Waals surface area (Å²) in [5, 5.41) is 10.1. The first-order valence-electron chi connectivity index (χ1n) is 10.3. The SMILES string of the molecule is Cn1c(=O)ccc2nc(-c3ccc(C4(N)CC(C)(O)C4)cc3)c(-c3ccccc3)nc21. The van der Waals surface area contributed by atoms with Gasteiger partial charge in [0.25, 0.3) is 5.56 Å². The van der Waals surface area contributed by atoms with Gasteiger partial charge in [0.1, 0.15) is 5.52 Å². The average Bonchev–Trinajstić information content (AvgIpc) is 2.75. The van der Waals surface area contributed by atoms with Crippen LogP contribution in [-0.2, 0) is 12.6 Å². The number of aromatic nitrogens is 3. The molecule has 6 heteroatoms. The summed E-state index contributed by atoms with van der Waals surface area (Å²) in [6.07, 6.45) is 1.08. The number of hydrogen-bond acceptors (Lipinski definition) is 5. The molecule has 0 amide bonds. The first-order valence-corrected chi connectivity index (χ1v) is 10.3. The highest BCUT2D eigenvalue weighted by molar-refractivity contribution is 5.84. The van der Waals surface area contributed by atoms with Crippen LogP contribution in [0.3, 0.4) is 0 Å². The highest BCUT2D eigenvalue weighted by atomic mass is 16.3. The molecule has 2 aromatic heterocycles. The first-order chi connectivity index (χ1) is 14.8. The molecule has 5 rings (SSSR count). The maximum Gasteiger partial charge on any atom is 0.252 e. The number of nitrogens with two attached hydrogens (primary N) is 1. The van der Waals surface area contributed by atoms with E-state index in [4.69, 9.17) is 15.7 Å². The molecule has 0 atom stereocenters. The van der Waals surface area contributed by atoms with Crippen molar-refractivity contribution >= 4 is 11.2 Å². The molecule has 1 aliphatic carbocycles. The molecule has 4 aromatic rings. The zero-order valence-corrected chi connectivity index (χ0v) is 17.5. The Bertz CT molecular complexity index is 1330. The molecule has 1 fully saturated rings. The second kappa shape index (κ2) is 6.83. The Morgan fingerprint density at radius 1 is 0.903 bits per heavy atom. The molecular weight excluding hydrogens is 388 g/mol. The Hall–Kier alpha value is -3.35. The van der Waals surface area contributed by atoms with Crippen molar-refractivity contribution in [2.24, 2.45) is 12.8 Å². The minimum atomic E-state index is -0.701. The monoisotopic (exact) mass is 412 g/mol. The van der Waals surface area contributed by atoms with Crippen LogP contribution in [0.4, 0.5) is 0 Å². The Labute approximate surface area is 180 Å². The maximum atomic E-state index is 12.1. The summed E-state index contributed by atoms with van der Waals surface area (Å²) < 4.78 is 1.52. The number of nitrogens with zero attached hydrogens (tertiary/aromatic N) is 3. The molecule has 156 valence electrons. The molecule has 0 bridgehead atoms. The summed E-state index contributed by atoms with van der Waals surface area (Å²) in [7, 11) is 1.71. The summed E-state index contributed by atoms with van der Waals surface area (Å²) in [4.78, 5) is 21.8. The largest absolute Gasteiger partial charge is 0.390 e. The van der Waals surface area contributed by atoms with Crippen molar-refractivity contribution in [3.05, 3.63) is 82.6 Å². The molecule has 2 heterocycles. The van der Waals surface area contributed by atoms with E-state index in [1.54, 1.807) is 13.1 Å². The van der Waals surface area contributed by atoms with Gasteiger partial charge < -0.3 is 10.8 Å². The second-order valence-electron chi connectivity index (χ2n) is 8.81. The van der Waals surface area contributed by atoms with Gasteiger partial charge in [-0.1, -0.05) is 54.6 Å². The first kappa shape index (κ1) is 19.6. The van der Waals surface area contributed by atoms with Crippen molar-refractivity contribution in [2.45, 2.75) is 30.9 Å². The lowest BCUT2D eigenvalue weighted by atomic mass is 9.63. The number of aliphatic hydroxyl groups is 1. The predicted molar refractivity (Wildman–Crippen MR) is 121 cm³/mol. The van der Waals surface area contributed by atoms with Crippen molar-refractivity contribution in [3.8, 4) is 22.5 Å². The molecule has 31 heavy (non-hydrogen) atoms. The topological polar surface area (TPSA) is 94.0 Å². The number of benzene rings is 2. The number of pyridine rings is 1. The van der Waals surface area contributed by atoms with Crippen molar-refractivity contribution < 1.29 is 5.11 Å². The maximum absolute atomic E-state index is 12.1. The third kappa shape index (κ3) is 3.34. The second-order valence-corrected chi connectivity index (χ2v) is 8.81. The highest BCUT2D eigenvalue weighted by Crippen LogP contribution is 2.46. The van der Waals surface area contributed by atoms with Gasteiger partial charge >= 0.3 is 0 Å². The van der Waals surface area contributed by atoms with E-state index in [2.05, 4.69) is 0 Å². The third-order valence-corrected chi connectivity index (χ3v) is 6.11. The van der Waals surface area contributed by atoms with E-state index in [9.17, 15) is 9.90 Å². The summed E-state index contributed by atoms with van der Waals surface area (Å²) in [6.45, 7) is 1.82. The molecule has 2 aromatic carbocycles. The van der Waals surface area contributed by atoms with Crippen LogP contribution in [0.15, 0.2) is 71.5 Å². The minimum Gasteiger partial charge on any atom is -0.390 e. The zero-order valence-electron chi connectivity index (χ0n) is 17.5. The molecule has 3 N–H and O–H groups in total. The molecule has 0 unspecified atom stereocenters. The molecule has 1 aliphatic rings. The number of hydrogen-bond donors (Lipinski definition) is 2. The quantitative estimate of drug-likeness (QED) is 0.538. The van der Waals surface area contributed by atoms with Crippen molar-refractivity contribution in [3.63, 3.8) is 0 Å². The van der Waals surface area contributed by atoms with Gasteiger partial charge in [-0.15, -0.1) is 0 Å². The summed E-state index contributed by atoms with van der Waals surface area (Å²) in [6, 6.07) is 21.1. The Balaban J connectivity index is 1.65. The van der Waals surface area contributed by atoms with Gasteiger partial charge in [0.2, 0.25) is 0 Å². The van der Waals surface area contributed by atoms with Crippen molar-refractivity contribution in [1.29, 1.82) is 0 Å². The standard InChI is InChI=1S/C25H24N4O2/c1-24(31)14-25(26,15-24)18-10-8-17(9-11-18)21-22(16-6-4-3-5-7-16)28-23-19(27-21)12-13-20(30)29(23)2/h3-13,31H,14-15,26H2,1-2H3.